The molecule has 2 heterocycles. The van der Waals surface area contributed by atoms with Crippen LogP contribution in [0.5, 0.6) is 5.75 Å². The first-order valence-electron chi connectivity index (χ1n) is 9.22. The van der Waals surface area contributed by atoms with Gasteiger partial charge in [0, 0.05) is 25.0 Å². The summed E-state index contributed by atoms with van der Waals surface area (Å²) in [6.07, 6.45) is -0.225. The summed E-state index contributed by atoms with van der Waals surface area (Å²) in [7, 11) is 0. The predicted molar refractivity (Wildman–Crippen MR) is 91.0 cm³/mol. The van der Waals surface area contributed by atoms with Crippen LogP contribution in [0, 0.1) is 10.1 Å². The van der Waals surface area contributed by atoms with Crippen molar-refractivity contribution in [2.75, 3.05) is 6.61 Å². The molecule has 9 heteroatoms. The molecule has 0 aromatic heterocycles. The standard InChI is InChI=1S/C18H23NO8/c20-14-15(21)17(25-12-6-4-11(5-7-12)19(22)23)26-13-10-24-18(27-16(13)14)8-2-1-3-9-18/h4-7,13-17,20-21H,1-3,8-10H2/t13-,14+,15+,16+,17-/m1/s1. The molecule has 0 radical (unpaired) electrons. The van der Waals surface area contributed by atoms with Gasteiger partial charge in [0.1, 0.15) is 30.2 Å². The van der Waals surface area contributed by atoms with Gasteiger partial charge in [0.05, 0.1) is 11.5 Å². The number of fused-ring (bicyclic) bond motifs is 1. The highest BCUT2D eigenvalue weighted by atomic mass is 16.8. The summed E-state index contributed by atoms with van der Waals surface area (Å²) in [6, 6.07) is 5.42. The van der Waals surface area contributed by atoms with Crippen molar-refractivity contribution in [2.45, 2.75) is 68.6 Å². The van der Waals surface area contributed by atoms with E-state index in [0.29, 0.717) is 0 Å². The van der Waals surface area contributed by atoms with Gasteiger partial charge in [0.15, 0.2) is 5.79 Å². The Morgan fingerprint density at radius 2 is 1.81 bits per heavy atom. The van der Waals surface area contributed by atoms with E-state index >= 15 is 0 Å². The lowest BCUT2D eigenvalue weighted by atomic mass is 9.90. The molecule has 0 unspecified atom stereocenters. The number of aliphatic hydroxyl groups is 2. The highest BCUT2D eigenvalue weighted by molar-refractivity contribution is 5.36. The Morgan fingerprint density at radius 1 is 1.11 bits per heavy atom. The van der Waals surface area contributed by atoms with E-state index in [1.54, 1.807) is 0 Å². The summed E-state index contributed by atoms with van der Waals surface area (Å²) < 4.78 is 23.3. The smallest absolute Gasteiger partial charge is 0.269 e. The van der Waals surface area contributed by atoms with Gasteiger partial charge >= 0.3 is 0 Å². The van der Waals surface area contributed by atoms with E-state index in [0.717, 1.165) is 32.1 Å². The minimum Gasteiger partial charge on any atom is -0.462 e. The van der Waals surface area contributed by atoms with Crippen LogP contribution in [0.2, 0.25) is 0 Å². The summed E-state index contributed by atoms with van der Waals surface area (Å²) in [5.74, 6) is -0.410. The zero-order chi connectivity index (χ0) is 19.0. The Balaban J connectivity index is 1.43. The van der Waals surface area contributed by atoms with Crippen LogP contribution in [-0.2, 0) is 14.2 Å². The van der Waals surface area contributed by atoms with Crippen LogP contribution < -0.4 is 4.74 Å². The Kier molecular flexibility index (Phi) is 5.04. The minimum absolute atomic E-state index is 0.0700. The number of ether oxygens (including phenoxy) is 4. The van der Waals surface area contributed by atoms with Crippen molar-refractivity contribution in [1.82, 2.24) is 0 Å². The normalized spacial score (nSPS) is 35.4. The van der Waals surface area contributed by atoms with Crippen molar-refractivity contribution in [3.05, 3.63) is 34.4 Å². The zero-order valence-electron chi connectivity index (χ0n) is 14.7. The third kappa shape index (κ3) is 3.65. The lowest BCUT2D eigenvalue weighted by Gasteiger charge is -2.51. The van der Waals surface area contributed by atoms with Gasteiger partial charge in [-0.2, -0.15) is 0 Å². The van der Waals surface area contributed by atoms with Crippen LogP contribution in [0.1, 0.15) is 32.1 Å². The van der Waals surface area contributed by atoms with E-state index in [4.69, 9.17) is 18.9 Å². The zero-order valence-corrected chi connectivity index (χ0v) is 14.7. The van der Waals surface area contributed by atoms with Crippen molar-refractivity contribution in [1.29, 1.82) is 0 Å². The van der Waals surface area contributed by atoms with Gasteiger partial charge in [-0.15, -0.1) is 0 Å². The van der Waals surface area contributed by atoms with Crippen molar-refractivity contribution in [3.63, 3.8) is 0 Å². The van der Waals surface area contributed by atoms with Crippen molar-refractivity contribution >= 4 is 5.69 Å². The van der Waals surface area contributed by atoms with Gasteiger partial charge in [-0.3, -0.25) is 10.1 Å². The van der Waals surface area contributed by atoms with E-state index < -0.39 is 41.4 Å². The molecular formula is C18H23NO8. The van der Waals surface area contributed by atoms with Crippen molar-refractivity contribution < 1.29 is 34.1 Å². The number of nitrogens with zero attached hydrogens (tertiary/aromatic N) is 1. The monoisotopic (exact) mass is 381 g/mol. The fourth-order valence-corrected chi connectivity index (χ4v) is 3.93. The lowest BCUT2D eigenvalue weighted by molar-refractivity contribution is -0.388. The molecule has 3 aliphatic rings. The van der Waals surface area contributed by atoms with Crippen LogP contribution in [0.4, 0.5) is 5.69 Å². The van der Waals surface area contributed by atoms with Crippen LogP contribution in [0.25, 0.3) is 0 Å². The molecular weight excluding hydrogens is 358 g/mol. The SMILES string of the molecule is O=[N+]([O-])c1ccc(O[C@@H]2O[C@@H]3COC4(CCCCC4)O[C@@H]3[C@@H](O)[C@@H]2O)cc1. The summed E-state index contributed by atoms with van der Waals surface area (Å²) in [6.45, 7) is 0.245. The molecule has 1 saturated carbocycles. The van der Waals surface area contributed by atoms with Crippen LogP contribution >= 0.6 is 0 Å². The van der Waals surface area contributed by atoms with Gasteiger partial charge in [-0.1, -0.05) is 6.42 Å². The fourth-order valence-electron chi connectivity index (χ4n) is 3.93. The Morgan fingerprint density at radius 3 is 2.48 bits per heavy atom. The maximum Gasteiger partial charge on any atom is 0.269 e. The molecule has 1 spiro atoms. The maximum absolute atomic E-state index is 10.7. The summed E-state index contributed by atoms with van der Waals surface area (Å²) in [5.41, 5.74) is -0.0700. The molecule has 1 aromatic carbocycles. The Labute approximate surface area is 155 Å². The summed E-state index contributed by atoms with van der Waals surface area (Å²) in [4.78, 5) is 10.2. The molecule has 4 rings (SSSR count). The van der Waals surface area contributed by atoms with E-state index in [1.807, 2.05) is 0 Å². The first-order chi connectivity index (χ1) is 13.0. The lowest BCUT2D eigenvalue weighted by Crippen LogP contribution is -2.66. The molecule has 2 N–H and O–H groups in total. The second kappa shape index (κ2) is 7.33. The van der Waals surface area contributed by atoms with Gasteiger partial charge in [-0.25, -0.2) is 0 Å². The van der Waals surface area contributed by atoms with Crippen LogP contribution in [0.3, 0.4) is 0 Å². The fraction of sp³-hybridized carbons (Fsp3) is 0.667. The van der Waals surface area contributed by atoms with Gasteiger partial charge in [0.2, 0.25) is 6.29 Å². The van der Waals surface area contributed by atoms with E-state index in [2.05, 4.69) is 0 Å². The van der Waals surface area contributed by atoms with Gasteiger partial charge in [0.25, 0.3) is 5.69 Å². The maximum atomic E-state index is 10.7. The first-order valence-corrected chi connectivity index (χ1v) is 9.22. The molecule has 5 atom stereocenters. The highest BCUT2D eigenvalue weighted by Gasteiger charge is 2.53. The average molecular weight is 381 g/mol. The predicted octanol–water partition coefficient (Wildman–Crippen LogP) is 1.50. The number of hydrogen-bond acceptors (Lipinski definition) is 8. The third-order valence-electron chi connectivity index (χ3n) is 5.42. The summed E-state index contributed by atoms with van der Waals surface area (Å²) >= 11 is 0. The van der Waals surface area contributed by atoms with Gasteiger partial charge in [-0.05, 0) is 25.0 Å². The van der Waals surface area contributed by atoms with E-state index in [-0.39, 0.29) is 18.0 Å². The number of nitro benzene ring substituents is 1. The number of hydrogen-bond donors (Lipinski definition) is 2. The third-order valence-corrected chi connectivity index (χ3v) is 5.42. The molecule has 9 nitrogen and oxygen atoms in total. The molecule has 3 fully saturated rings. The largest absolute Gasteiger partial charge is 0.462 e. The molecule has 27 heavy (non-hydrogen) atoms. The van der Waals surface area contributed by atoms with Crippen LogP contribution in [-0.4, -0.2) is 58.2 Å². The second-order valence-electron chi connectivity index (χ2n) is 7.26. The van der Waals surface area contributed by atoms with Crippen molar-refractivity contribution in [2.24, 2.45) is 0 Å². The molecule has 0 amide bonds. The topological polar surface area (TPSA) is 121 Å². The average Bonchev–Trinajstić information content (AvgIpc) is 2.68. The second-order valence-corrected chi connectivity index (χ2v) is 7.26. The van der Waals surface area contributed by atoms with Crippen LogP contribution in [0.15, 0.2) is 24.3 Å². The van der Waals surface area contributed by atoms with Gasteiger partial charge < -0.3 is 29.2 Å². The Bertz CT molecular complexity index is 672. The molecule has 0 bridgehead atoms. The highest BCUT2D eigenvalue weighted by Crippen LogP contribution is 2.40. The molecule has 148 valence electrons. The van der Waals surface area contributed by atoms with Crippen molar-refractivity contribution in [3.8, 4) is 5.75 Å². The first kappa shape index (κ1) is 18.6. The Hall–Kier alpha value is -1.78. The number of non-ortho nitro benzene ring substituents is 1. The molecule has 2 saturated heterocycles. The number of aliphatic hydroxyl groups excluding tert-OH is 2. The number of rotatable bonds is 3. The summed E-state index contributed by atoms with van der Waals surface area (Å²) in [5, 5.41) is 31.7. The van der Waals surface area contributed by atoms with E-state index in [1.165, 1.54) is 24.3 Å². The quantitative estimate of drug-likeness (QED) is 0.597. The molecule has 2 aliphatic heterocycles. The molecule has 1 aromatic rings. The van der Waals surface area contributed by atoms with E-state index in [9.17, 15) is 20.3 Å². The minimum atomic E-state index is -1.32. The number of benzene rings is 1. The number of nitro groups is 1. The molecule has 1 aliphatic carbocycles.